The second kappa shape index (κ2) is 16.8. The highest BCUT2D eigenvalue weighted by Gasteiger charge is 2.36. The summed E-state index contributed by atoms with van der Waals surface area (Å²) < 4.78 is 27.9. The SMILES string of the molecule is Cc1cc(C)c(C(=O)P(CCS(=O)(=O)CCP(C(=O)c2c(C)cc(C)cc2C)C(=O)c2c(C)cc(C)cc2C)C(=O)c2c(C)cc(C)cc2C)c(C)c1. The van der Waals surface area contributed by atoms with Crippen molar-refractivity contribution in [1.82, 2.24) is 0 Å². The molecular weight excluding hydrogens is 718 g/mol. The van der Waals surface area contributed by atoms with E-state index >= 15 is 0 Å². The van der Waals surface area contributed by atoms with Gasteiger partial charge in [-0.1, -0.05) is 70.8 Å². The van der Waals surface area contributed by atoms with Gasteiger partial charge in [0, 0.05) is 38.1 Å². The average molecular weight is 771 g/mol. The summed E-state index contributed by atoms with van der Waals surface area (Å²) in [7, 11) is -8.15. The molecule has 0 heterocycles. The lowest BCUT2D eigenvalue weighted by atomic mass is 10.0. The van der Waals surface area contributed by atoms with Gasteiger partial charge >= 0.3 is 0 Å². The van der Waals surface area contributed by atoms with Crippen LogP contribution in [0, 0.1) is 83.1 Å². The summed E-state index contributed by atoms with van der Waals surface area (Å²) in [5.74, 6) is -0.832. The molecule has 0 fully saturated rings. The zero-order valence-electron chi connectivity index (χ0n) is 33.2. The lowest BCUT2D eigenvalue weighted by Crippen LogP contribution is -2.22. The molecule has 0 aliphatic carbocycles. The van der Waals surface area contributed by atoms with E-state index in [1.54, 1.807) is 0 Å². The summed E-state index contributed by atoms with van der Waals surface area (Å²) >= 11 is 0. The first-order chi connectivity index (χ1) is 24.6. The molecule has 0 unspecified atom stereocenters. The number of carbonyl (C=O) groups is 4. The normalized spacial score (nSPS) is 11.7. The number of sulfone groups is 1. The molecule has 0 radical (unpaired) electrons. The largest absolute Gasteiger partial charge is 0.289 e. The van der Waals surface area contributed by atoms with E-state index in [1.807, 2.05) is 132 Å². The minimum absolute atomic E-state index is 0.152. The zero-order valence-corrected chi connectivity index (χ0v) is 35.8. The number of hydrogen-bond acceptors (Lipinski definition) is 6. The Kier molecular flexibility index (Phi) is 13.4. The second-order valence-corrected chi connectivity index (χ2v) is 21.3. The standard InChI is InChI=1S/C44H52O6P2S/c1-25-17-29(5)37(30(6)18-25)41(45)51(42(46)38-31(7)19-26(2)20-32(38)8)13-15-53(49,50)16-14-52(43(47)39-33(9)21-27(3)22-34(39)10)44(48)40-35(11)23-28(4)24-36(40)12/h17-24H,13-16H2,1-12H3. The highest BCUT2D eigenvalue weighted by Crippen LogP contribution is 2.48. The van der Waals surface area contributed by atoms with E-state index in [0.717, 1.165) is 66.8 Å². The molecule has 53 heavy (non-hydrogen) atoms. The molecule has 0 spiro atoms. The van der Waals surface area contributed by atoms with Gasteiger partial charge in [-0.15, -0.1) is 0 Å². The highest BCUT2D eigenvalue weighted by atomic mass is 32.2. The summed E-state index contributed by atoms with van der Waals surface area (Å²) in [5.41, 5.74) is 10.5. The Labute approximate surface area is 318 Å². The highest BCUT2D eigenvalue weighted by molar-refractivity contribution is 7.95. The van der Waals surface area contributed by atoms with Crippen molar-refractivity contribution >= 4 is 47.8 Å². The van der Waals surface area contributed by atoms with Crippen molar-refractivity contribution in [3.05, 3.63) is 138 Å². The Morgan fingerprint density at radius 3 is 0.717 bits per heavy atom. The third kappa shape index (κ3) is 9.55. The molecule has 9 heteroatoms. The quantitative estimate of drug-likeness (QED) is 0.118. The third-order valence-corrected chi connectivity index (χ3v) is 16.3. The number of aryl methyl sites for hydroxylation is 12. The van der Waals surface area contributed by atoms with Gasteiger partial charge in [0.1, 0.15) is 0 Å². The number of benzene rings is 4. The summed E-state index contributed by atoms with van der Waals surface area (Å²) in [5, 5.41) is 0. The van der Waals surface area contributed by atoms with Crippen molar-refractivity contribution < 1.29 is 27.6 Å². The molecule has 0 bridgehead atoms. The van der Waals surface area contributed by atoms with Crippen LogP contribution in [0.4, 0.5) is 0 Å². The van der Waals surface area contributed by atoms with E-state index in [1.165, 1.54) is 0 Å². The van der Waals surface area contributed by atoms with E-state index in [2.05, 4.69) is 0 Å². The number of hydrogen-bond donors (Lipinski definition) is 0. The maximum absolute atomic E-state index is 14.4. The average Bonchev–Trinajstić information content (AvgIpc) is 2.99. The Hall–Kier alpha value is -3.63. The van der Waals surface area contributed by atoms with Crippen LogP contribution in [0.25, 0.3) is 0 Å². The minimum atomic E-state index is -3.92. The Balaban J connectivity index is 1.71. The third-order valence-electron chi connectivity index (χ3n) is 9.80. The molecule has 4 rings (SSSR count). The first-order valence-corrected chi connectivity index (χ1v) is 22.7. The van der Waals surface area contributed by atoms with E-state index in [-0.39, 0.29) is 34.4 Å². The van der Waals surface area contributed by atoms with E-state index < -0.39 is 37.2 Å². The summed E-state index contributed by atoms with van der Waals surface area (Å²) in [4.78, 5) is 57.5. The van der Waals surface area contributed by atoms with Crippen LogP contribution in [0.5, 0.6) is 0 Å². The lowest BCUT2D eigenvalue weighted by molar-refractivity contribution is 0.103. The van der Waals surface area contributed by atoms with Crippen LogP contribution >= 0.6 is 15.8 Å². The molecule has 4 aromatic carbocycles. The fraction of sp³-hybridized carbons (Fsp3) is 0.364. The van der Waals surface area contributed by atoms with Crippen molar-refractivity contribution in [3.63, 3.8) is 0 Å². The Bertz CT molecular complexity index is 1880. The van der Waals surface area contributed by atoms with Gasteiger partial charge in [-0.05, 0) is 140 Å². The van der Waals surface area contributed by atoms with Crippen LogP contribution in [-0.2, 0) is 9.84 Å². The molecule has 0 aromatic heterocycles. The van der Waals surface area contributed by atoms with Gasteiger partial charge < -0.3 is 0 Å². The maximum atomic E-state index is 14.4. The van der Waals surface area contributed by atoms with Gasteiger partial charge in [0.2, 0.25) is 0 Å². The Morgan fingerprint density at radius 2 is 0.547 bits per heavy atom. The topological polar surface area (TPSA) is 102 Å². The molecule has 0 saturated heterocycles. The summed E-state index contributed by atoms with van der Waals surface area (Å²) in [6, 6.07) is 15.2. The predicted octanol–water partition coefficient (Wildman–Crippen LogP) is 10.4. The lowest BCUT2D eigenvalue weighted by Gasteiger charge is -2.22. The van der Waals surface area contributed by atoms with Gasteiger partial charge in [-0.2, -0.15) is 0 Å². The van der Waals surface area contributed by atoms with Gasteiger partial charge in [0.25, 0.3) is 0 Å². The molecule has 0 amide bonds. The molecule has 0 aliphatic rings. The minimum Gasteiger partial charge on any atom is -0.289 e. The summed E-state index contributed by atoms with van der Waals surface area (Å²) in [6.07, 6.45) is -0.304. The van der Waals surface area contributed by atoms with Gasteiger partial charge in [0.15, 0.2) is 31.9 Å². The van der Waals surface area contributed by atoms with Crippen LogP contribution in [0.3, 0.4) is 0 Å². The number of rotatable bonds is 14. The fourth-order valence-corrected chi connectivity index (χ4v) is 15.3. The molecular formula is C44H52O6P2S. The van der Waals surface area contributed by atoms with Crippen LogP contribution in [-0.4, -0.2) is 54.3 Å². The number of carbonyl (C=O) groups excluding carboxylic acids is 4. The van der Waals surface area contributed by atoms with E-state index in [9.17, 15) is 27.6 Å². The molecule has 4 aromatic rings. The monoisotopic (exact) mass is 770 g/mol. The van der Waals surface area contributed by atoms with E-state index in [4.69, 9.17) is 0 Å². The van der Waals surface area contributed by atoms with Crippen LogP contribution in [0.1, 0.15) is 108 Å². The van der Waals surface area contributed by atoms with Gasteiger partial charge in [-0.3, -0.25) is 19.2 Å². The molecule has 0 atom stereocenters. The van der Waals surface area contributed by atoms with Crippen molar-refractivity contribution in [2.24, 2.45) is 0 Å². The predicted molar refractivity (Wildman–Crippen MR) is 222 cm³/mol. The fourth-order valence-electron chi connectivity index (χ4n) is 7.76. The van der Waals surface area contributed by atoms with E-state index in [0.29, 0.717) is 22.3 Å². The molecule has 6 nitrogen and oxygen atoms in total. The summed E-state index contributed by atoms with van der Waals surface area (Å²) in [6.45, 7) is 22.5. The molecule has 0 saturated carbocycles. The zero-order chi connectivity index (χ0) is 39.7. The molecule has 280 valence electrons. The van der Waals surface area contributed by atoms with Crippen molar-refractivity contribution in [2.75, 3.05) is 23.8 Å². The van der Waals surface area contributed by atoms with Crippen molar-refractivity contribution in [3.8, 4) is 0 Å². The van der Waals surface area contributed by atoms with Crippen molar-refractivity contribution in [1.29, 1.82) is 0 Å². The smallest absolute Gasteiger partial charge is 0.192 e. The second-order valence-electron chi connectivity index (χ2n) is 14.8. The molecule has 0 N–H and O–H groups in total. The Morgan fingerprint density at radius 1 is 0.377 bits per heavy atom. The van der Waals surface area contributed by atoms with Crippen LogP contribution in [0.2, 0.25) is 0 Å². The maximum Gasteiger partial charge on any atom is 0.192 e. The first kappa shape index (κ1) is 42.1. The first-order valence-electron chi connectivity index (χ1n) is 17.9. The van der Waals surface area contributed by atoms with Crippen molar-refractivity contribution in [2.45, 2.75) is 83.1 Å². The van der Waals surface area contributed by atoms with Gasteiger partial charge in [0.05, 0.1) is 11.5 Å². The van der Waals surface area contributed by atoms with Gasteiger partial charge in [-0.25, -0.2) is 8.42 Å². The molecule has 0 aliphatic heterocycles. The van der Waals surface area contributed by atoms with Crippen LogP contribution < -0.4 is 0 Å². The van der Waals surface area contributed by atoms with Crippen LogP contribution in [0.15, 0.2) is 48.5 Å².